The van der Waals surface area contributed by atoms with Gasteiger partial charge in [-0.1, -0.05) is 60.7 Å². The van der Waals surface area contributed by atoms with Crippen molar-refractivity contribution >= 4 is 22.7 Å². The van der Waals surface area contributed by atoms with Crippen molar-refractivity contribution in [2.75, 3.05) is 0 Å². The summed E-state index contributed by atoms with van der Waals surface area (Å²) < 4.78 is 0. The number of hydrogen-bond acceptors (Lipinski definition) is 4. The van der Waals surface area contributed by atoms with Gasteiger partial charge < -0.3 is 0 Å². The van der Waals surface area contributed by atoms with Crippen LogP contribution in [-0.2, 0) is 12.8 Å². The van der Waals surface area contributed by atoms with Gasteiger partial charge in [-0.25, -0.2) is 9.97 Å². The van der Waals surface area contributed by atoms with Gasteiger partial charge in [-0.05, 0) is 135 Å². The van der Waals surface area contributed by atoms with Gasteiger partial charge in [0.05, 0.1) is 11.4 Å². The summed E-state index contributed by atoms with van der Waals surface area (Å²) in [7, 11) is 0. The van der Waals surface area contributed by atoms with Crippen LogP contribution in [0.2, 0.25) is 0 Å². The second-order valence-electron chi connectivity index (χ2n) is 12.1. The summed E-state index contributed by atoms with van der Waals surface area (Å²) in [6.07, 6.45) is 1.78. The Labute approximate surface area is 270 Å². The van der Waals surface area contributed by atoms with E-state index in [0.717, 1.165) is 34.2 Å². The summed E-state index contributed by atoms with van der Waals surface area (Å²) in [4.78, 5) is 10.1. The molecule has 0 atom stereocenters. The number of benzene rings is 4. The van der Waals surface area contributed by atoms with Crippen molar-refractivity contribution in [2.45, 2.75) is 68.2 Å². The molecule has 0 fully saturated rings. The van der Waals surface area contributed by atoms with E-state index < -0.39 is 0 Å². The third kappa shape index (κ3) is 5.58. The van der Waals surface area contributed by atoms with Gasteiger partial charge in [-0.2, -0.15) is 0 Å². The van der Waals surface area contributed by atoms with Gasteiger partial charge in [-0.15, -0.1) is 22.7 Å². The predicted molar refractivity (Wildman–Crippen MR) is 191 cm³/mol. The van der Waals surface area contributed by atoms with Crippen LogP contribution in [0.1, 0.15) is 55.9 Å². The van der Waals surface area contributed by atoms with E-state index in [0.29, 0.717) is 0 Å². The molecule has 0 aliphatic rings. The Balaban J connectivity index is 1.18. The van der Waals surface area contributed by atoms with Crippen LogP contribution in [0.5, 0.6) is 0 Å². The first-order chi connectivity index (χ1) is 21.1. The van der Waals surface area contributed by atoms with Crippen molar-refractivity contribution in [1.29, 1.82) is 0 Å². The van der Waals surface area contributed by atoms with E-state index in [4.69, 9.17) is 9.97 Å². The van der Waals surface area contributed by atoms with E-state index in [1.54, 1.807) is 22.7 Å². The van der Waals surface area contributed by atoms with Gasteiger partial charge >= 0.3 is 0 Å². The van der Waals surface area contributed by atoms with Crippen molar-refractivity contribution in [3.8, 4) is 43.4 Å². The number of hydrogen-bond donors (Lipinski definition) is 0. The lowest BCUT2D eigenvalue weighted by atomic mass is 9.90. The van der Waals surface area contributed by atoms with Crippen molar-refractivity contribution < 1.29 is 0 Å². The largest absolute Gasteiger partial charge is 0.241 e. The Morgan fingerprint density at radius 1 is 0.409 bits per heavy atom. The fraction of sp³-hybridized carbons (Fsp3) is 0.250. The molecule has 44 heavy (non-hydrogen) atoms. The number of thiazole rings is 2. The second-order valence-corrected chi connectivity index (χ2v) is 13.8. The summed E-state index contributed by atoms with van der Waals surface area (Å²) in [5.74, 6) is 0. The van der Waals surface area contributed by atoms with Crippen LogP contribution < -0.4 is 0 Å². The monoisotopic (exact) mass is 612 g/mol. The molecular weight excluding hydrogens is 573 g/mol. The quantitative estimate of drug-likeness (QED) is 0.179. The van der Waals surface area contributed by atoms with Crippen LogP contribution in [0.15, 0.2) is 71.4 Å². The van der Waals surface area contributed by atoms with E-state index >= 15 is 0 Å². The lowest BCUT2D eigenvalue weighted by molar-refractivity contribution is 0.900. The summed E-state index contributed by atoms with van der Waals surface area (Å²) >= 11 is 3.49. The molecule has 0 N–H and O–H groups in total. The molecule has 222 valence electrons. The highest BCUT2D eigenvalue weighted by Crippen LogP contribution is 2.37. The van der Waals surface area contributed by atoms with Crippen LogP contribution in [0.3, 0.4) is 0 Å². The highest BCUT2D eigenvalue weighted by molar-refractivity contribution is 7.13. The minimum Gasteiger partial charge on any atom is -0.241 e. The topological polar surface area (TPSA) is 25.8 Å². The molecule has 0 amide bonds. The summed E-state index contributed by atoms with van der Waals surface area (Å²) in [5, 5.41) is 6.63. The summed E-state index contributed by atoms with van der Waals surface area (Å²) in [6.45, 7) is 17.8. The number of rotatable bonds is 7. The molecule has 0 aliphatic carbocycles. The molecule has 0 bridgehead atoms. The van der Waals surface area contributed by atoms with Gasteiger partial charge in [0.1, 0.15) is 10.0 Å². The molecule has 6 rings (SSSR count). The first-order valence-corrected chi connectivity index (χ1v) is 17.1. The van der Waals surface area contributed by atoms with Crippen LogP contribution in [0.4, 0.5) is 0 Å². The minimum atomic E-state index is 0.891. The highest BCUT2D eigenvalue weighted by atomic mass is 32.1. The molecule has 4 aromatic carbocycles. The maximum atomic E-state index is 5.07. The average Bonchev–Trinajstić information content (AvgIpc) is 3.68. The zero-order valence-electron chi connectivity index (χ0n) is 27.1. The molecule has 0 spiro atoms. The summed E-state index contributed by atoms with van der Waals surface area (Å²) in [5.41, 5.74) is 20.7. The van der Waals surface area contributed by atoms with Crippen LogP contribution in [0, 0.1) is 55.4 Å². The van der Waals surface area contributed by atoms with Crippen molar-refractivity contribution in [3.05, 3.63) is 127 Å². The molecule has 0 aliphatic heterocycles. The Bertz CT molecular complexity index is 1860. The third-order valence-electron chi connectivity index (χ3n) is 9.57. The van der Waals surface area contributed by atoms with Crippen molar-refractivity contribution in [3.63, 3.8) is 0 Å². The standard InChI is InChI=1S/C40H40N2S2/c1-23-11-9-13-33(25(23)3)35-17-19-37(29(7)27(35)5)39-41-31(21-43-39)15-16-32-22-44-40(42-32)38-20-18-36(28(6)30(38)8)34-14-10-12-24(2)26(34)4/h9-14,17-22H,15-16H2,1-8H3. The van der Waals surface area contributed by atoms with E-state index in [-0.39, 0.29) is 0 Å². The van der Waals surface area contributed by atoms with E-state index in [9.17, 15) is 0 Å². The first-order valence-electron chi connectivity index (χ1n) is 15.4. The Morgan fingerprint density at radius 2 is 0.750 bits per heavy atom. The van der Waals surface area contributed by atoms with Gasteiger partial charge in [0.15, 0.2) is 0 Å². The number of aromatic nitrogens is 2. The fourth-order valence-electron chi connectivity index (χ4n) is 6.12. The van der Waals surface area contributed by atoms with E-state index in [1.807, 2.05) is 0 Å². The van der Waals surface area contributed by atoms with Crippen LogP contribution in [-0.4, -0.2) is 9.97 Å². The van der Waals surface area contributed by atoms with Crippen LogP contribution >= 0.6 is 22.7 Å². The van der Waals surface area contributed by atoms with Crippen molar-refractivity contribution in [1.82, 2.24) is 9.97 Å². The van der Waals surface area contributed by atoms with Gasteiger partial charge in [-0.3, -0.25) is 0 Å². The molecule has 2 heterocycles. The predicted octanol–water partition coefficient (Wildman–Crippen LogP) is 11.5. The smallest absolute Gasteiger partial charge is 0.123 e. The molecule has 0 saturated heterocycles. The molecule has 0 unspecified atom stereocenters. The SMILES string of the molecule is Cc1cccc(-c2ccc(-c3nc(CCc4csc(-c5ccc(-c6cccc(C)c6C)c(C)c5C)n4)cs3)c(C)c2C)c1C. The lowest BCUT2D eigenvalue weighted by Gasteiger charge is -2.15. The molecule has 0 saturated carbocycles. The molecule has 2 aromatic heterocycles. The van der Waals surface area contributed by atoms with E-state index in [1.165, 1.54) is 77.9 Å². The Morgan fingerprint density at radius 3 is 1.16 bits per heavy atom. The molecule has 2 nitrogen and oxygen atoms in total. The normalized spacial score (nSPS) is 11.4. The van der Waals surface area contributed by atoms with Crippen molar-refractivity contribution in [2.24, 2.45) is 0 Å². The number of aryl methyl sites for hydroxylation is 4. The molecule has 4 heteroatoms. The average molecular weight is 613 g/mol. The Hall–Kier alpha value is -3.86. The highest BCUT2D eigenvalue weighted by Gasteiger charge is 2.16. The van der Waals surface area contributed by atoms with Gasteiger partial charge in [0.2, 0.25) is 0 Å². The fourth-order valence-corrected chi connectivity index (χ4v) is 7.99. The molecule has 6 aromatic rings. The zero-order valence-corrected chi connectivity index (χ0v) is 28.7. The lowest BCUT2D eigenvalue weighted by Crippen LogP contribution is -1.96. The molecule has 0 radical (unpaired) electrons. The molecular formula is C40H40N2S2. The maximum absolute atomic E-state index is 5.07. The van der Waals surface area contributed by atoms with E-state index in [2.05, 4.69) is 127 Å². The zero-order chi connectivity index (χ0) is 31.1. The number of nitrogens with zero attached hydrogens (tertiary/aromatic N) is 2. The first kappa shape index (κ1) is 30.2. The second kappa shape index (κ2) is 12.3. The minimum absolute atomic E-state index is 0.891. The van der Waals surface area contributed by atoms with Gasteiger partial charge in [0, 0.05) is 21.9 Å². The maximum Gasteiger partial charge on any atom is 0.123 e. The Kier molecular flexibility index (Phi) is 8.41. The summed E-state index contributed by atoms with van der Waals surface area (Å²) in [6, 6.07) is 22.2. The van der Waals surface area contributed by atoms with Crippen LogP contribution in [0.25, 0.3) is 43.4 Å². The third-order valence-corrected chi connectivity index (χ3v) is 11.4. The van der Waals surface area contributed by atoms with Gasteiger partial charge in [0.25, 0.3) is 0 Å².